The summed E-state index contributed by atoms with van der Waals surface area (Å²) in [7, 11) is 1.35. The Labute approximate surface area is 162 Å². The average molecular weight is 405 g/mol. The summed E-state index contributed by atoms with van der Waals surface area (Å²) < 4.78 is 60.8. The lowest BCUT2D eigenvalue weighted by Gasteiger charge is -2.26. The first-order chi connectivity index (χ1) is 13.2. The van der Waals surface area contributed by atoms with E-state index in [1.807, 2.05) is 0 Å². The molecule has 0 spiro atoms. The van der Waals surface area contributed by atoms with E-state index in [-0.39, 0.29) is 18.1 Å². The molecule has 2 rings (SSSR count). The molecule has 0 saturated carbocycles. The van der Waals surface area contributed by atoms with Gasteiger partial charge in [0.1, 0.15) is 12.4 Å². The highest BCUT2D eigenvalue weighted by atomic mass is 19.4. The van der Waals surface area contributed by atoms with Crippen molar-refractivity contribution in [3.05, 3.63) is 29.3 Å². The number of rotatable bonds is 8. The molecule has 0 radical (unpaired) electrons. The zero-order chi connectivity index (χ0) is 20.7. The van der Waals surface area contributed by atoms with Gasteiger partial charge in [-0.1, -0.05) is 13.8 Å². The lowest BCUT2D eigenvalue weighted by atomic mass is 10.1. The first-order valence-corrected chi connectivity index (χ1v) is 9.10. The van der Waals surface area contributed by atoms with Crippen LogP contribution in [0.5, 0.6) is 5.75 Å². The van der Waals surface area contributed by atoms with Crippen LogP contribution in [0.3, 0.4) is 0 Å². The molecule has 0 aromatic heterocycles. The second kappa shape index (κ2) is 10.1. The average Bonchev–Trinajstić information content (AvgIpc) is 2.65. The second-order valence-corrected chi connectivity index (χ2v) is 6.76. The highest BCUT2D eigenvalue weighted by Crippen LogP contribution is 2.37. The third-order valence-corrected chi connectivity index (χ3v) is 4.29. The van der Waals surface area contributed by atoms with Gasteiger partial charge in [0, 0.05) is 32.7 Å². The molecular weight excluding hydrogens is 379 g/mol. The number of nitrogens with zero attached hydrogens (tertiary/aromatic N) is 1. The summed E-state index contributed by atoms with van der Waals surface area (Å²) in [4.78, 5) is 14.3. The Bertz CT molecular complexity index is 645. The molecule has 1 aromatic carbocycles. The summed E-state index contributed by atoms with van der Waals surface area (Å²) in [5.74, 6) is -1.35. The van der Waals surface area contributed by atoms with Crippen LogP contribution in [-0.4, -0.2) is 63.7 Å². The van der Waals surface area contributed by atoms with Crippen LogP contribution in [0.1, 0.15) is 29.8 Å². The molecule has 1 aliphatic heterocycles. The maximum absolute atomic E-state index is 13.3. The van der Waals surface area contributed by atoms with Gasteiger partial charge in [0.15, 0.2) is 0 Å². The number of methoxy groups -OCH3 is 1. The van der Waals surface area contributed by atoms with Gasteiger partial charge in [-0.25, -0.2) is 4.79 Å². The van der Waals surface area contributed by atoms with Crippen LogP contribution in [0, 0.1) is 5.92 Å². The highest BCUT2D eigenvalue weighted by molar-refractivity contribution is 5.90. The third-order valence-electron chi connectivity index (χ3n) is 4.29. The van der Waals surface area contributed by atoms with Crippen molar-refractivity contribution < 1.29 is 36.9 Å². The van der Waals surface area contributed by atoms with Crippen molar-refractivity contribution >= 4 is 5.97 Å². The van der Waals surface area contributed by atoms with Crippen molar-refractivity contribution in [2.24, 2.45) is 5.92 Å². The fourth-order valence-corrected chi connectivity index (χ4v) is 2.74. The molecule has 0 N–H and O–H groups in total. The van der Waals surface area contributed by atoms with Crippen LogP contribution in [0.25, 0.3) is 0 Å². The van der Waals surface area contributed by atoms with Gasteiger partial charge in [-0.2, -0.15) is 13.2 Å². The van der Waals surface area contributed by atoms with Crippen LogP contribution in [0.2, 0.25) is 0 Å². The van der Waals surface area contributed by atoms with Crippen molar-refractivity contribution in [2.45, 2.75) is 26.3 Å². The van der Waals surface area contributed by atoms with Gasteiger partial charge in [0.25, 0.3) is 0 Å². The predicted octanol–water partition coefficient (Wildman–Crippen LogP) is 3.20. The molecular formula is C19H26F3NO5. The number of benzene rings is 1. The minimum absolute atomic E-state index is 0.0106. The van der Waals surface area contributed by atoms with Gasteiger partial charge in [-0.05, 0) is 18.2 Å². The van der Waals surface area contributed by atoms with E-state index in [9.17, 15) is 18.0 Å². The molecule has 1 unspecified atom stereocenters. The summed E-state index contributed by atoms with van der Waals surface area (Å²) >= 11 is 0. The number of hydrogen-bond acceptors (Lipinski definition) is 6. The van der Waals surface area contributed by atoms with E-state index in [1.165, 1.54) is 7.11 Å². The van der Waals surface area contributed by atoms with Crippen molar-refractivity contribution in [2.75, 3.05) is 46.6 Å². The molecule has 1 aromatic rings. The fourth-order valence-electron chi connectivity index (χ4n) is 2.74. The molecule has 1 aliphatic rings. The molecule has 9 heteroatoms. The zero-order valence-corrected chi connectivity index (χ0v) is 16.3. The van der Waals surface area contributed by atoms with Gasteiger partial charge in [0.2, 0.25) is 6.29 Å². The van der Waals surface area contributed by atoms with Gasteiger partial charge >= 0.3 is 12.1 Å². The Morgan fingerprint density at radius 1 is 1.25 bits per heavy atom. The molecule has 1 atom stereocenters. The molecule has 1 heterocycles. The summed E-state index contributed by atoms with van der Waals surface area (Å²) in [6, 6.07) is 2.96. The lowest BCUT2D eigenvalue weighted by molar-refractivity contribution is -0.143. The molecule has 0 amide bonds. The molecule has 1 saturated heterocycles. The normalized spacial score (nSPS) is 16.8. The van der Waals surface area contributed by atoms with E-state index in [2.05, 4.69) is 4.90 Å². The van der Waals surface area contributed by atoms with E-state index in [0.29, 0.717) is 19.8 Å². The van der Waals surface area contributed by atoms with Gasteiger partial charge < -0.3 is 18.9 Å². The number of esters is 1. The minimum Gasteiger partial charge on any atom is -0.464 e. The van der Waals surface area contributed by atoms with Crippen LogP contribution < -0.4 is 4.74 Å². The van der Waals surface area contributed by atoms with Crippen molar-refractivity contribution in [1.82, 2.24) is 4.90 Å². The fraction of sp³-hybridized carbons (Fsp3) is 0.632. The molecule has 6 nitrogen and oxygen atoms in total. The first kappa shape index (κ1) is 22.4. The van der Waals surface area contributed by atoms with E-state index in [0.717, 1.165) is 31.3 Å². The SMILES string of the molecule is COC(Oc1cc(C(=O)OCCN2CCOCC2)ccc1C(F)(F)F)C(C)C. The van der Waals surface area contributed by atoms with E-state index in [1.54, 1.807) is 13.8 Å². The Hall–Kier alpha value is -1.84. The number of carbonyl (C=O) groups excluding carboxylic acids is 1. The monoisotopic (exact) mass is 405 g/mol. The standard InChI is InChI=1S/C19H26F3NO5/c1-13(2)18(25-3)28-16-12-14(4-5-15(16)19(20,21)22)17(24)27-11-8-23-6-9-26-10-7-23/h4-5,12-13,18H,6-11H2,1-3H3. The number of ether oxygens (including phenoxy) is 4. The Kier molecular flexibility index (Phi) is 8.09. The summed E-state index contributed by atoms with van der Waals surface area (Å²) in [6.07, 6.45) is -5.50. The van der Waals surface area contributed by atoms with Crippen LogP contribution in [-0.2, 0) is 20.4 Å². The first-order valence-electron chi connectivity index (χ1n) is 9.10. The highest BCUT2D eigenvalue weighted by Gasteiger charge is 2.36. The number of alkyl halides is 3. The largest absolute Gasteiger partial charge is 0.464 e. The van der Waals surface area contributed by atoms with E-state index in [4.69, 9.17) is 18.9 Å². The third kappa shape index (κ3) is 6.35. The molecule has 1 fully saturated rings. The number of hydrogen-bond donors (Lipinski definition) is 0. The van der Waals surface area contributed by atoms with Gasteiger partial charge in [-0.15, -0.1) is 0 Å². The summed E-state index contributed by atoms with van der Waals surface area (Å²) in [5.41, 5.74) is -0.983. The molecule has 0 aliphatic carbocycles. The molecule has 158 valence electrons. The smallest absolute Gasteiger partial charge is 0.419 e. The Balaban J connectivity index is 2.08. The summed E-state index contributed by atoms with van der Waals surface area (Å²) in [6.45, 7) is 6.96. The van der Waals surface area contributed by atoms with Crippen molar-refractivity contribution in [3.8, 4) is 5.75 Å². The van der Waals surface area contributed by atoms with Gasteiger partial charge in [0.05, 0.1) is 24.3 Å². The number of carbonyl (C=O) groups is 1. The van der Waals surface area contributed by atoms with Crippen molar-refractivity contribution in [3.63, 3.8) is 0 Å². The summed E-state index contributed by atoms with van der Waals surface area (Å²) in [5, 5.41) is 0. The topological polar surface area (TPSA) is 57.2 Å². The van der Waals surface area contributed by atoms with Crippen LogP contribution in [0.15, 0.2) is 18.2 Å². The number of morpholine rings is 1. The second-order valence-electron chi connectivity index (χ2n) is 6.76. The zero-order valence-electron chi connectivity index (χ0n) is 16.3. The van der Waals surface area contributed by atoms with Gasteiger partial charge in [-0.3, -0.25) is 4.90 Å². The van der Waals surface area contributed by atoms with Crippen molar-refractivity contribution in [1.29, 1.82) is 0 Å². The molecule has 28 heavy (non-hydrogen) atoms. The van der Waals surface area contributed by atoms with E-state index >= 15 is 0 Å². The maximum Gasteiger partial charge on any atom is 0.419 e. The quantitative estimate of drug-likeness (QED) is 0.489. The minimum atomic E-state index is -4.62. The Morgan fingerprint density at radius 2 is 1.93 bits per heavy atom. The van der Waals surface area contributed by atoms with E-state index < -0.39 is 29.7 Å². The predicted molar refractivity (Wildman–Crippen MR) is 95.2 cm³/mol. The van der Waals surface area contributed by atoms with Crippen LogP contribution in [0.4, 0.5) is 13.2 Å². The van der Waals surface area contributed by atoms with Crippen LogP contribution >= 0.6 is 0 Å². The Morgan fingerprint density at radius 3 is 2.50 bits per heavy atom. The number of halogens is 3. The lowest BCUT2D eigenvalue weighted by Crippen LogP contribution is -2.38. The molecule has 0 bridgehead atoms. The maximum atomic E-state index is 13.3.